The minimum absolute atomic E-state index is 0.521. The van der Waals surface area contributed by atoms with E-state index in [0.717, 1.165) is 18.7 Å². The van der Waals surface area contributed by atoms with Crippen LogP contribution in [0.2, 0.25) is 0 Å². The second kappa shape index (κ2) is 4.81. The molecule has 1 unspecified atom stereocenters. The van der Waals surface area contributed by atoms with E-state index in [-0.39, 0.29) is 0 Å². The molecule has 0 amide bonds. The van der Waals surface area contributed by atoms with E-state index in [9.17, 15) is 0 Å². The van der Waals surface area contributed by atoms with Crippen LogP contribution < -0.4 is 5.32 Å². The second-order valence-corrected chi connectivity index (χ2v) is 5.77. The van der Waals surface area contributed by atoms with Crippen molar-refractivity contribution in [3.63, 3.8) is 0 Å². The number of nitrogens with one attached hydrogen (secondary N) is 1. The molecular weight excluding hydrogens is 210 g/mol. The van der Waals surface area contributed by atoms with Crippen LogP contribution in [0.25, 0.3) is 0 Å². The highest BCUT2D eigenvalue weighted by Crippen LogP contribution is 2.48. The first-order valence-electron chi connectivity index (χ1n) is 6.78. The van der Waals surface area contributed by atoms with Crippen LogP contribution in [0.3, 0.4) is 0 Å². The van der Waals surface area contributed by atoms with E-state index < -0.39 is 0 Å². The van der Waals surface area contributed by atoms with E-state index >= 15 is 0 Å². The quantitative estimate of drug-likeness (QED) is 0.821. The fraction of sp³-hybridized carbons (Fsp3) is 0.786. The number of aromatic nitrogens is 2. The zero-order chi connectivity index (χ0) is 12.5. The van der Waals surface area contributed by atoms with E-state index in [1.54, 1.807) is 0 Å². The minimum Gasteiger partial charge on any atom is -0.313 e. The van der Waals surface area contributed by atoms with E-state index in [2.05, 4.69) is 44.3 Å². The molecule has 3 heteroatoms. The first kappa shape index (κ1) is 12.6. The van der Waals surface area contributed by atoms with Crippen LogP contribution in [0.15, 0.2) is 6.07 Å². The summed E-state index contributed by atoms with van der Waals surface area (Å²) >= 11 is 0. The topological polar surface area (TPSA) is 29.9 Å². The van der Waals surface area contributed by atoms with Gasteiger partial charge in [-0.05, 0) is 44.2 Å². The minimum atomic E-state index is 0.521. The number of rotatable bonds is 6. The first-order chi connectivity index (χ1) is 8.05. The molecule has 17 heavy (non-hydrogen) atoms. The normalized spacial score (nSPS) is 19.3. The van der Waals surface area contributed by atoms with Crippen LogP contribution in [-0.4, -0.2) is 22.4 Å². The zero-order valence-electron chi connectivity index (χ0n) is 11.6. The van der Waals surface area contributed by atoms with E-state index in [4.69, 9.17) is 0 Å². The van der Waals surface area contributed by atoms with Crippen LogP contribution in [0.1, 0.15) is 44.5 Å². The lowest BCUT2D eigenvalue weighted by atomic mass is 9.94. The molecule has 0 aromatic carbocycles. The van der Waals surface area contributed by atoms with Crippen molar-refractivity contribution in [2.75, 3.05) is 6.54 Å². The summed E-state index contributed by atoms with van der Waals surface area (Å²) in [7, 11) is 2.05. The van der Waals surface area contributed by atoms with Gasteiger partial charge >= 0.3 is 0 Å². The predicted molar refractivity (Wildman–Crippen MR) is 71.1 cm³/mol. The lowest BCUT2D eigenvalue weighted by Gasteiger charge is -2.25. The third-order valence-electron chi connectivity index (χ3n) is 4.03. The fourth-order valence-corrected chi connectivity index (χ4v) is 2.49. The molecule has 0 bridgehead atoms. The predicted octanol–water partition coefficient (Wildman–Crippen LogP) is 2.44. The molecule has 1 atom stereocenters. The molecule has 0 aliphatic heterocycles. The maximum atomic E-state index is 4.44. The largest absolute Gasteiger partial charge is 0.313 e. The number of hydrogen-bond donors (Lipinski definition) is 1. The second-order valence-electron chi connectivity index (χ2n) is 5.77. The lowest BCUT2D eigenvalue weighted by molar-refractivity contribution is 0.348. The molecule has 3 nitrogen and oxygen atoms in total. The molecule has 1 N–H and O–H groups in total. The van der Waals surface area contributed by atoms with Gasteiger partial charge in [0.15, 0.2) is 0 Å². The Morgan fingerprint density at radius 2 is 2.24 bits per heavy atom. The molecule has 2 rings (SSSR count). The Bertz CT molecular complexity index is 377. The van der Waals surface area contributed by atoms with Crippen molar-refractivity contribution in [3.8, 4) is 0 Å². The third kappa shape index (κ3) is 2.89. The van der Waals surface area contributed by atoms with Crippen LogP contribution in [0.4, 0.5) is 0 Å². The van der Waals surface area contributed by atoms with Crippen molar-refractivity contribution in [2.45, 2.75) is 52.5 Å². The summed E-state index contributed by atoms with van der Waals surface area (Å²) in [6.07, 6.45) is 5.04. The van der Waals surface area contributed by atoms with Crippen molar-refractivity contribution in [1.82, 2.24) is 15.1 Å². The number of aryl methyl sites for hydroxylation is 2. The van der Waals surface area contributed by atoms with Gasteiger partial charge in [0.1, 0.15) is 0 Å². The Morgan fingerprint density at radius 1 is 1.53 bits per heavy atom. The van der Waals surface area contributed by atoms with E-state index in [1.807, 2.05) is 4.68 Å². The highest BCUT2D eigenvalue weighted by molar-refractivity contribution is 5.13. The molecule has 1 aromatic rings. The molecule has 1 aliphatic carbocycles. The molecule has 0 saturated heterocycles. The van der Waals surface area contributed by atoms with Crippen molar-refractivity contribution in [1.29, 1.82) is 0 Å². The monoisotopic (exact) mass is 235 g/mol. The molecule has 1 aromatic heterocycles. The summed E-state index contributed by atoms with van der Waals surface area (Å²) in [6, 6.07) is 2.82. The third-order valence-corrected chi connectivity index (χ3v) is 4.03. The zero-order valence-corrected chi connectivity index (χ0v) is 11.6. The standard InChI is InChI=1S/C14H25N3/c1-5-8-15-13(14(3)6-7-14)10-12-9-11(2)16-17(12)4/h9,13,15H,5-8,10H2,1-4H3. The van der Waals surface area contributed by atoms with Gasteiger partial charge in [-0.3, -0.25) is 4.68 Å². The van der Waals surface area contributed by atoms with Gasteiger partial charge in [0.05, 0.1) is 5.69 Å². The van der Waals surface area contributed by atoms with Crippen molar-refractivity contribution >= 4 is 0 Å². The maximum absolute atomic E-state index is 4.44. The molecule has 1 heterocycles. The van der Waals surface area contributed by atoms with E-state index in [1.165, 1.54) is 25.0 Å². The average Bonchev–Trinajstić information content (AvgIpc) is 2.93. The van der Waals surface area contributed by atoms with Gasteiger partial charge < -0.3 is 5.32 Å². The van der Waals surface area contributed by atoms with E-state index in [0.29, 0.717) is 11.5 Å². The molecule has 96 valence electrons. The lowest BCUT2D eigenvalue weighted by Crippen LogP contribution is -2.39. The van der Waals surface area contributed by atoms with Crippen LogP contribution in [0.5, 0.6) is 0 Å². The summed E-state index contributed by atoms with van der Waals surface area (Å²) in [5.41, 5.74) is 3.00. The Hall–Kier alpha value is -0.830. The van der Waals surface area contributed by atoms with Gasteiger partial charge in [-0.2, -0.15) is 5.10 Å². The average molecular weight is 235 g/mol. The Labute approximate surface area is 105 Å². The molecule has 1 aliphatic rings. The number of nitrogens with zero attached hydrogens (tertiary/aromatic N) is 2. The Morgan fingerprint density at radius 3 is 2.71 bits per heavy atom. The molecule has 1 saturated carbocycles. The van der Waals surface area contributed by atoms with Gasteiger partial charge in [0.25, 0.3) is 0 Å². The summed E-state index contributed by atoms with van der Waals surface area (Å²) in [4.78, 5) is 0. The SMILES string of the molecule is CCCNC(Cc1cc(C)nn1C)C1(C)CC1. The fourth-order valence-electron chi connectivity index (χ4n) is 2.49. The van der Waals surface area contributed by atoms with Crippen LogP contribution in [-0.2, 0) is 13.5 Å². The van der Waals surface area contributed by atoms with Crippen LogP contribution >= 0.6 is 0 Å². The molecule has 1 fully saturated rings. The summed E-state index contributed by atoms with van der Waals surface area (Å²) < 4.78 is 2.03. The van der Waals surface area contributed by atoms with Crippen LogP contribution in [0, 0.1) is 12.3 Å². The molecule has 0 spiro atoms. The Kier molecular flexibility index (Phi) is 3.57. The van der Waals surface area contributed by atoms with Gasteiger partial charge in [0, 0.05) is 25.2 Å². The van der Waals surface area contributed by atoms with Gasteiger partial charge in [0.2, 0.25) is 0 Å². The highest BCUT2D eigenvalue weighted by Gasteiger charge is 2.44. The maximum Gasteiger partial charge on any atom is 0.0596 e. The van der Waals surface area contributed by atoms with Crippen molar-refractivity contribution in [2.24, 2.45) is 12.5 Å². The highest BCUT2D eigenvalue weighted by atomic mass is 15.3. The van der Waals surface area contributed by atoms with Crippen molar-refractivity contribution in [3.05, 3.63) is 17.5 Å². The first-order valence-corrected chi connectivity index (χ1v) is 6.78. The smallest absolute Gasteiger partial charge is 0.0596 e. The molecule has 0 radical (unpaired) electrons. The molecular formula is C14H25N3. The summed E-state index contributed by atoms with van der Waals surface area (Å²) in [5, 5.41) is 8.15. The summed E-state index contributed by atoms with van der Waals surface area (Å²) in [6.45, 7) is 7.82. The number of hydrogen-bond acceptors (Lipinski definition) is 2. The van der Waals surface area contributed by atoms with Gasteiger partial charge in [-0.15, -0.1) is 0 Å². The summed E-state index contributed by atoms with van der Waals surface area (Å²) in [5.74, 6) is 0. The van der Waals surface area contributed by atoms with Gasteiger partial charge in [-0.1, -0.05) is 13.8 Å². The van der Waals surface area contributed by atoms with Gasteiger partial charge in [-0.25, -0.2) is 0 Å². The van der Waals surface area contributed by atoms with Crippen molar-refractivity contribution < 1.29 is 0 Å². The Balaban J connectivity index is 2.04.